The predicted octanol–water partition coefficient (Wildman–Crippen LogP) is 5.53. The molecule has 0 aliphatic rings. The third kappa shape index (κ3) is 4.75. The van der Waals surface area contributed by atoms with Crippen LogP contribution in [0.15, 0.2) is 60.9 Å². The van der Waals surface area contributed by atoms with Gasteiger partial charge in [-0.25, -0.2) is 4.98 Å². The zero-order valence-corrected chi connectivity index (χ0v) is 20.1. The quantitative estimate of drug-likeness (QED) is 0.413. The van der Waals surface area contributed by atoms with E-state index in [4.69, 9.17) is 16.6 Å². The van der Waals surface area contributed by atoms with Crippen LogP contribution in [0.4, 0.5) is 0 Å². The summed E-state index contributed by atoms with van der Waals surface area (Å²) in [5, 5.41) is 4.60. The lowest BCUT2D eigenvalue weighted by atomic mass is 9.89. The van der Waals surface area contributed by atoms with Crippen molar-refractivity contribution in [2.75, 3.05) is 27.2 Å². The molecular formula is C27H27ClN4O. The van der Waals surface area contributed by atoms with E-state index in [9.17, 15) is 4.79 Å². The molecule has 4 aromatic rings. The summed E-state index contributed by atoms with van der Waals surface area (Å²) in [5.41, 5.74) is 7.36. The Balaban J connectivity index is 1.95. The highest BCUT2D eigenvalue weighted by Gasteiger charge is 2.19. The molecule has 168 valence electrons. The third-order valence-electron chi connectivity index (χ3n) is 5.76. The van der Waals surface area contributed by atoms with Crippen molar-refractivity contribution >= 4 is 28.4 Å². The van der Waals surface area contributed by atoms with Crippen LogP contribution < -0.4 is 5.32 Å². The highest BCUT2D eigenvalue weighted by atomic mass is 35.5. The maximum Gasteiger partial charge on any atom is 0.269 e. The van der Waals surface area contributed by atoms with Crippen LogP contribution >= 0.6 is 11.6 Å². The molecule has 4 rings (SSSR count). The summed E-state index contributed by atoms with van der Waals surface area (Å²) < 4.78 is 0. The Bertz CT molecular complexity index is 1320. The van der Waals surface area contributed by atoms with Crippen LogP contribution in [0.3, 0.4) is 0 Å². The molecule has 0 unspecified atom stereocenters. The number of carbonyl (C=O) groups is 1. The van der Waals surface area contributed by atoms with Gasteiger partial charge < -0.3 is 10.2 Å². The fourth-order valence-corrected chi connectivity index (χ4v) is 4.45. The van der Waals surface area contributed by atoms with Gasteiger partial charge in [-0.15, -0.1) is 0 Å². The first kappa shape index (κ1) is 22.9. The Labute approximate surface area is 199 Å². The van der Waals surface area contributed by atoms with E-state index in [1.54, 1.807) is 12.4 Å². The van der Waals surface area contributed by atoms with Gasteiger partial charge >= 0.3 is 0 Å². The van der Waals surface area contributed by atoms with Gasteiger partial charge in [-0.1, -0.05) is 29.8 Å². The number of aromatic nitrogens is 2. The monoisotopic (exact) mass is 458 g/mol. The maximum absolute atomic E-state index is 13.0. The van der Waals surface area contributed by atoms with Gasteiger partial charge in [0, 0.05) is 41.5 Å². The fraction of sp³-hybridized carbons (Fsp3) is 0.222. The molecule has 1 amide bonds. The van der Waals surface area contributed by atoms with Crippen molar-refractivity contribution in [3.63, 3.8) is 0 Å². The summed E-state index contributed by atoms with van der Waals surface area (Å²) in [7, 11) is 3.95. The third-order valence-corrected chi connectivity index (χ3v) is 6.08. The molecule has 6 heteroatoms. The van der Waals surface area contributed by atoms with E-state index in [-0.39, 0.29) is 5.91 Å². The summed E-state index contributed by atoms with van der Waals surface area (Å²) in [6.07, 6.45) is 3.60. The zero-order chi connectivity index (χ0) is 23.5. The van der Waals surface area contributed by atoms with Crippen molar-refractivity contribution in [1.29, 1.82) is 0 Å². The van der Waals surface area contributed by atoms with Gasteiger partial charge in [-0.3, -0.25) is 9.78 Å². The summed E-state index contributed by atoms with van der Waals surface area (Å²) in [6.45, 7) is 5.48. The van der Waals surface area contributed by atoms with Crippen LogP contribution in [0.25, 0.3) is 33.2 Å². The predicted molar refractivity (Wildman–Crippen MR) is 136 cm³/mol. The minimum Gasteiger partial charge on any atom is -0.349 e. The molecule has 0 atom stereocenters. The van der Waals surface area contributed by atoms with Gasteiger partial charge in [0.25, 0.3) is 5.91 Å². The first-order valence-corrected chi connectivity index (χ1v) is 11.3. The van der Waals surface area contributed by atoms with E-state index in [0.717, 1.165) is 50.8 Å². The molecule has 0 aliphatic heterocycles. The number of rotatable bonds is 6. The fourth-order valence-electron chi connectivity index (χ4n) is 4.22. The van der Waals surface area contributed by atoms with E-state index >= 15 is 0 Å². The number of pyridine rings is 2. The molecule has 0 aliphatic carbocycles. The van der Waals surface area contributed by atoms with Gasteiger partial charge in [0.1, 0.15) is 5.69 Å². The number of hydrogen-bond donors (Lipinski definition) is 1. The number of nitrogens with one attached hydrogen (secondary N) is 1. The van der Waals surface area contributed by atoms with Gasteiger partial charge in [0.05, 0.1) is 5.52 Å². The van der Waals surface area contributed by atoms with Crippen molar-refractivity contribution in [3.8, 4) is 22.3 Å². The van der Waals surface area contributed by atoms with Crippen LogP contribution in [0.1, 0.15) is 21.6 Å². The van der Waals surface area contributed by atoms with Crippen LogP contribution in [-0.2, 0) is 0 Å². The first-order chi connectivity index (χ1) is 15.9. The average molecular weight is 459 g/mol. The second-order valence-electron chi connectivity index (χ2n) is 8.42. The lowest BCUT2D eigenvalue weighted by Crippen LogP contribution is -2.31. The highest BCUT2D eigenvalue weighted by Crippen LogP contribution is 2.39. The Morgan fingerprint density at radius 3 is 2.45 bits per heavy atom. The Kier molecular flexibility index (Phi) is 6.72. The molecule has 2 heterocycles. The number of aryl methyl sites for hydroxylation is 2. The van der Waals surface area contributed by atoms with Crippen LogP contribution in [0.5, 0.6) is 0 Å². The number of amides is 1. The normalized spacial score (nSPS) is 11.2. The zero-order valence-electron chi connectivity index (χ0n) is 19.3. The van der Waals surface area contributed by atoms with Crippen molar-refractivity contribution in [2.45, 2.75) is 13.8 Å². The molecule has 5 nitrogen and oxygen atoms in total. The number of benzene rings is 2. The van der Waals surface area contributed by atoms with Gasteiger partial charge in [-0.05, 0) is 86.1 Å². The molecule has 2 aromatic carbocycles. The molecule has 0 spiro atoms. The van der Waals surface area contributed by atoms with Crippen LogP contribution in [0.2, 0.25) is 5.02 Å². The molecule has 0 saturated heterocycles. The number of nitrogens with zero attached hydrogens (tertiary/aromatic N) is 3. The average Bonchev–Trinajstić information content (AvgIpc) is 2.79. The van der Waals surface area contributed by atoms with E-state index < -0.39 is 0 Å². The molecule has 0 fully saturated rings. The maximum atomic E-state index is 13.0. The standard InChI is InChI=1S/C27H27ClN4O/c1-17-15-23-26(18(2)25(17)19-9-11-29-12-10-19)21(20-7-5-6-8-22(20)28)16-24(31-23)27(33)30-13-14-32(3)4/h5-12,15-16H,13-14H2,1-4H3,(H,30,33). The Morgan fingerprint density at radius 2 is 1.76 bits per heavy atom. The first-order valence-electron chi connectivity index (χ1n) is 10.9. The van der Waals surface area contributed by atoms with E-state index in [0.29, 0.717) is 17.3 Å². The molecule has 0 radical (unpaired) electrons. The highest BCUT2D eigenvalue weighted by molar-refractivity contribution is 6.33. The molecule has 1 N–H and O–H groups in total. The number of hydrogen-bond acceptors (Lipinski definition) is 4. The topological polar surface area (TPSA) is 58.1 Å². The number of likely N-dealkylation sites (N-methyl/N-ethyl adjacent to an activating group) is 1. The van der Waals surface area contributed by atoms with Crippen molar-refractivity contribution < 1.29 is 4.79 Å². The Morgan fingerprint density at radius 1 is 1.03 bits per heavy atom. The van der Waals surface area contributed by atoms with Gasteiger partial charge in [0.15, 0.2) is 0 Å². The van der Waals surface area contributed by atoms with E-state index in [2.05, 4.69) is 30.2 Å². The lowest BCUT2D eigenvalue weighted by Gasteiger charge is -2.18. The van der Waals surface area contributed by atoms with Crippen molar-refractivity contribution in [1.82, 2.24) is 20.2 Å². The largest absolute Gasteiger partial charge is 0.349 e. The van der Waals surface area contributed by atoms with Crippen LogP contribution in [-0.4, -0.2) is 48.0 Å². The van der Waals surface area contributed by atoms with E-state index in [1.165, 1.54) is 0 Å². The molecular weight excluding hydrogens is 432 g/mol. The number of fused-ring (bicyclic) bond motifs is 1. The summed E-state index contributed by atoms with van der Waals surface area (Å²) >= 11 is 6.62. The number of halogens is 1. The van der Waals surface area contributed by atoms with Crippen molar-refractivity contribution in [2.24, 2.45) is 0 Å². The minimum atomic E-state index is -0.194. The molecule has 0 bridgehead atoms. The second-order valence-corrected chi connectivity index (χ2v) is 8.82. The van der Waals surface area contributed by atoms with Gasteiger partial charge in [0.2, 0.25) is 0 Å². The summed E-state index contributed by atoms with van der Waals surface area (Å²) in [4.78, 5) is 23.9. The molecule has 0 saturated carbocycles. The summed E-state index contributed by atoms with van der Waals surface area (Å²) in [5.74, 6) is -0.194. The van der Waals surface area contributed by atoms with Gasteiger partial charge in [-0.2, -0.15) is 0 Å². The summed E-state index contributed by atoms with van der Waals surface area (Å²) in [6, 6.07) is 15.6. The second kappa shape index (κ2) is 9.69. The van der Waals surface area contributed by atoms with Crippen molar-refractivity contribution in [3.05, 3.63) is 82.8 Å². The number of carbonyl (C=O) groups excluding carboxylic acids is 1. The molecule has 33 heavy (non-hydrogen) atoms. The minimum absolute atomic E-state index is 0.194. The lowest BCUT2D eigenvalue weighted by molar-refractivity contribution is 0.0946. The Hall–Kier alpha value is -3.28. The smallest absolute Gasteiger partial charge is 0.269 e. The SMILES string of the molecule is Cc1cc2nc(C(=O)NCCN(C)C)cc(-c3ccccc3Cl)c2c(C)c1-c1ccncc1. The molecule has 2 aromatic heterocycles. The van der Waals surface area contributed by atoms with E-state index in [1.807, 2.05) is 61.5 Å². The van der Waals surface area contributed by atoms with Crippen LogP contribution in [0, 0.1) is 13.8 Å².